The molecule has 1 aromatic heterocycles. The van der Waals surface area contributed by atoms with Gasteiger partial charge in [0.05, 0.1) is 24.0 Å². The number of carbonyl (C=O) groups excluding carboxylic acids is 1. The van der Waals surface area contributed by atoms with Gasteiger partial charge in [-0.1, -0.05) is 0 Å². The summed E-state index contributed by atoms with van der Waals surface area (Å²) < 4.78 is 42.6. The molecule has 9 heteroatoms. The lowest BCUT2D eigenvalue weighted by Crippen LogP contribution is -2.12. The molecule has 0 saturated heterocycles. The lowest BCUT2D eigenvalue weighted by atomic mass is 10.1. The molecule has 18 heavy (non-hydrogen) atoms. The van der Waals surface area contributed by atoms with Crippen LogP contribution in [0, 0.1) is 16.1 Å². The van der Waals surface area contributed by atoms with Crippen molar-refractivity contribution < 1.29 is 27.6 Å². The van der Waals surface area contributed by atoms with Crippen molar-refractivity contribution >= 4 is 11.7 Å². The number of hydrogen-bond acceptors (Lipinski definition) is 5. The van der Waals surface area contributed by atoms with Crippen molar-refractivity contribution in [2.75, 3.05) is 7.11 Å². The maximum Gasteiger partial charge on any atom is 0.310 e. The predicted molar refractivity (Wildman–Crippen MR) is 51.5 cm³/mol. The van der Waals surface area contributed by atoms with Crippen LogP contribution in [0.25, 0.3) is 0 Å². The normalized spacial score (nSPS) is 10.5. The van der Waals surface area contributed by atoms with Crippen LogP contribution >= 0.6 is 0 Å². The van der Waals surface area contributed by atoms with Crippen LogP contribution in [-0.2, 0) is 16.0 Å². The Morgan fingerprint density at radius 3 is 2.67 bits per heavy atom. The fraction of sp³-hybridized carbons (Fsp3) is 0.333. The van der Waals surface area contributed by atoms with Gasteiger partial charge in [-0.2, -0.15) is 4.39 Å². The number of nitro groups is 1. The fourth-order valence-electron chi connectivity index (χ4n) is 1.29. The first-order valence-electron chi connectivity index (χ1n) is 4.55. The first kappa shape index (κ1) is 13.9. The van der Waals surface area contributed by atoms with Crippen LogP contribution in [0.3, 0.4) is 0 Å². The standard InChI is InChI=1S/C9H7F3N2O4/c1-18-6(15)2-4-7(14(16)17)5(8(10)11)3-13-9(4)12/h3,8H,2H2,1H3. The quantitative estimate of drug-likeness (QED) is 0.358. The Kier molecular flexibility index (Phi) is 4.18. The zero-order valence-electron chi connectivity index (χ0n) is 9.02. The Balaban J connectivity index is 3.41. The van der Waals surface area contributed by atoms with Gasteiger partial charge < -0.3 is 4.74 Å². The largest absolute Gasteiger partial charge is 0.469 e. The zero-order valence-corrected chi connectivity index (χ0v) is 9.02. The number of carbonyl (C=O) groups is 1. The molecule has 0 unspecified atom stereocenters. The molecule has 0 aliphatic heterocycles. The van der Waals surface area contributed by atoms with E-state index in [1.54, 1.807) is 0 Å². The molecule has 6 nitrogen and oxygen atoms in total. The van der Waals surface area contributed by atoms with Crippen LogP contribution in [0.2, 0.25) is 0 Å². The molecule has 0 saturated carbocycles. The van der Waals surface area contributed by atoms with Crippen LogP contribution in [0.4, 0.5) is 18.9 Å². The summed E-state index contributed by atoms with van der Waals surface area (Å²) in [5, 5.41) is 10.7. The molecule has 98 valence electrons. The van der Waals surface area contributed by atoms with Crippen molar-refractivity contribution in [1.29, 1.82) is 0 Å². The minimum atomic E-state index is -3.20. The van der Waals surface area contributed by atoms with Gasteiger partial charge in [0.1, 0.15) is 5.56 Å². The molecular formula is C9H7F3N2O4. The summed E-state index contributed by atoms with van der Waals surface area (Å²) in [5.41, 5.74) is -3.01. The topological polar surface area (TPSA) is 82.3 Å². The number of nitrogens with zero attached hydrogens (tertiary/aromatic N) is 2. The average Bonchev–Trinajstić information content (AvgIpc) is 2.30. The van der Waals surface area contributed by atoms with E-state index in [-0.39, 0.29) is 0 Å². The molecule has 1 heterocycles. The van der Waals surface area contributed by atoms with Crippen molar-refractivity contribution in [3.8, 4) is 0 Å². The zero-order chi connectivity index (χ0) is 13.9. The summed E-state index contributed by atoms with van der Waals surface area (Å²) in [6, 6.07) is 0. The van der Waals surface area contributed by atoms with Crippen LogP contribution in [0.5, 0.6) is 0 Å². The first-order valence-corrected chi connectivity index (χ1v) is 4.55. The van der Waals surface area contributed by atoms with Crippen molar-refractivity contribution in [3.63, 3.8) is 0 Å². The van der Waals surface area contributed by atoms with E-state index in [1.807, 2.05) is 0 Å². The molecule has 0 aromatic carbocycles. The molecule has 1 rings (SSSR count). The molecule has 0 N–H and O–H groups in total. The van der Waals surface area contributed by atoms with Gasteiger partial charge in [-0.25, -0.2) is 13.8 Å². The summed E-state index contributed by atoms with van der Waals surface area (Å²) in [4.78, 5) is 23.5. The van der Waals surface area contributed by atoms with Gasteiger partial charge in [0.15, 0.2) is 0 Å². The third kappa shape index (κ3) is 2.73. The summed E-state index contributed by atoms with van der Waals surface area (Å²) in [5.74, 6) is -2.35. The van der Waals surface area contributed by atoms with Crippen molar-refractivity contribution in [1.82, 2.24) is 4.98 Å². The highest BCUT2D eigenvalue weighted by Crippen LogP contribution is 2.32. The Bertz CT molecular complexity index is 493. The van der Waals surface area contributed by atoms with Crippen molar-refractivity contribution in [2.24, 2.45) is 0 Å². The van der Waals surface area contributed by atoms with Crippen molar-refractivity contribution in [2.45, 2.75) is 12.8 Å². The Morgan fingerprint density at radius 1 is 1.61 bits per heavy atom. The highest BCUT2D eigenvalue weighted by molar-refractivity contribution is 5.74. The van der Waals surface area contributed by atoms with Gasteiger partial charge in [0.2, 0.25) is 5.95 Å². The second-order valence-electron chi connectivity index (χ2n) is 3.14. The Morgan fingerprint density at radius 2 is 2.22 bits per heavy atom. The Labute approximate surface area is 98.5 Å². The minimum Gasteiger partial charge on any atom is -0.469 e. The summed E-state index contributed by atoms with van der Waals surface area (Å²) >= 11 is 0. The smallest absolute Gasteiger partial charge is 0.310 e. The number of esters is 1. The maximum atomic E-state index is 13.3. The van der Waals surface area contributed by atoms with E-state index in [9.17, 15) is 28.1 Å². The lowest BCUT2D eigenvalue weighted by Gasteiger charge is -2.07. The monoisotopic (exact) mass is 264 g/mol. The van der Waals surface area contributed by atoms with Crippen molar-refractivity contribution in [3.05, 3.63) is 33.4 Å². The molecule has 0 bridgehead atoms. The molecule has 0 fully saturated rings. The van der Waals surface area contributed by atoms with Gasteiger partial charge in [0.25, 0.3) is 12.1 Å². The van der Waals surface area contributed by atoms with E-state index in [4.69, 9.17) is 0 Å². The van der Waals surface area contributed by atoms with Gasteiger partial charge in [-0.15, -0.1) is 0 Å². The highest BCUT2D eigenvalue weighted by atomic mass is 19.3. The minimum absolute atomic E-state index is 0.374. The SMILES string of the molecule is COC(=O)Cc1c(F)ncc(C(F)F)c1[N+](=O)[O-]. The number of rotatable bonds is 4. The average molecular weight is 264 g/mol. The number of aromatic nitrogens is 1. The molecule has 0 radical (unpaired) electrons. The fourth-order valence-corrected chi connectivity index (χ4v) is 1.29. The molecule has 0 amide bonds. The third-order valence-electron chi connectivity index (χ3n) is 2.09. The van der Waals surface area contributed by atoms with Gasteiger partial charge >= 0.3 is 5.97 Å². The molecule has 0 spiro atoms. The maximum absolute atomic E-state index is 13.3. The molecule has 1 aromatic rings. The molecule has 0 aliphatic rings. The molecular weight excluding hydrogens is 257 g/mol. The number of ether oxygens (including phenoxy) is 1. The molecule has 0 aliphatic carbocycles. The second kappa shape index (κ2) is 5.43. The number of methoxy groups -OCH3 is 1. The van der Waals surface area contributed by atoms with Gasteiger partial charge in [-0.3, -0.25) is 14.9 Å². The van der Waals surface area contributed by atoms with Crippen LogP contribution in [-0.4, -0.2) is 23.0 Å². The van der Waals surface area contributed by atoms with Crippen LogP contribution in [0.15, 0.2) is 6.20 Å². The highest BCUT2D eigenvalue weighted by Gasteiger charge is 2.30. The number of pyridine rings is 1. The second-order valence-corrected chi connectivity index (χ2v) is 3.14. The van der Waals surface area contributed by atoms with E-state index in [1.165, 1.54) is 0 Å². The summed E-state index contributed by atoms with van der Waals surface area (Å²) in [7, 11) is 0.983. The first-order chi connectivity index (χ1) is 8.38. The summed E-state index contributed by atoms with van der Waals surface area (Å²) in [6.07, 6.45) is -3.67. The number of halogens is 3. The molecule has 0 atom stereocenters. The van der Waals surface area contributed by atoms with E-state index < -0.39 is 46.5 Å². The summed E-state index contributed by atoms with van der Waals surface area (Å²) in [6.45, 7) is 0. The predicted octanol–water partition coefficient (Wildman–Crippen LogP) is 1.78. The van der Waals surface area contributed by atoms with E-state index in [0.29, 0.717) is 6.20 Å². The number of hydrogen-bond donors (Lipinski definition) is 0. The third-order valence-corrected chi connectivity index (χ3v) is 2.09. The lowest BCUT2D eigenvalue weighted by molar-refractivity contribution is -0.387. The van der Waals surface area contributed by atoms with Crippen LogP contribution < -0.4 is 0 Å². The van der Waals surface area contributed by atoms with Gasteiger partial charge in [-0.05, 0) is 0 Å². The van der Waals surface area contributed by atoms with E-state index in [0.717, 1.165) is 7.11 Å². The van der Waals surface area contributed by atoms with Gasteiger partial charge in [0, 0.05) is 6.20 Å². The Hall–Kier alpha value is -2.19. The van der Waals surface area contributed by atoms with E-state index >= 15 is 0 Å². The number of alkyl halides is 2. The van der Waals surface area contributed by atoms with Crippen LogP contribution in [0.1, 0.15) is 17.6 Å². The van der Waals surface area contributed by atoms with E-state index in [2.05, 4.69) is 9.72 Å².